The van der Waals surface area contributed by atoms with E-state index in [-0.39, 0.29) is 11.9 Å². The zero-order valence-electron chi connectivity index (χ0n) is 13.2. The number of rotatable bonds is 6. The van der Waals surface area contributed by atoms with Gasteiger partial charge in [0, 0.05) is 18.8 Å². The van der Waals surface area contributed by atoms with Gasteiger partial charge in [-0.1, -0.05) is 18.2 Å². The Balaban J connectivity index is 1.95. The number of anilines is 1. The molecule has 0 spiro atoms. The Morgan fingerprint density at radius 3 is 2.23 bits per heavy atom. The maximum absolute atomic E-state index is 11.8. The van der Waals surface area contributed by atoms with Gasteiger partial charge >= 0.3 is 0 Å². The molecule has 116 valence electrons. The highest BCUT2D eigenvalue weighted by molar-refractivity contribution is 5.81. The predicted octanol–water partition coefficient (Wildman–Crippen LogP) is 3.44. The van der Waals surface area contributed by atoms with Gasteiger partial charge in [-0.2, -0.15) is 0 Å². The highest BCUT2D eigenvalue weighted by Crippen LogP contribution is 2.23. The topological polar surface area (TPSA) is 41.6 Å². The van der Waals surface area contributed by atoms with Crippen molar-refractivity contribution >= 4 is 11.6 Å². The van der Waals surface area contributed by atoms with Gasteiger partial charge in [0.15, 0.2) is 0 Å². The van der Waals surface area contributed by atoms with Crippen LogP contribution in [0.25, 0.3) is 0 Å². The standard InChI is InChI=1S/C18H22N2O2/c1-14(2)19-18(21)13-20(3)15-9-11-17(12-10-15)22-16-7-5-4-6-8-16/h4-12,14H,13H2,1-3H3,(H,19,21). The maximum atomic E-state index is 11.8. The van der Waals surface area contributed by atoms with Gasteiger partial charge in [-0.05, 0) is 50.2 Å². The number of para-hydroxylation sites is 1. The molecule has 22 heavy (non-hydrogen) atoms. The molecule has 0 saturated carbocycles. The average Bonchev–Trinajstić information content (AvgIpc) is 2.48. The summed E-state index contributed by atoms with van der Waals surface area (Å²) in [5.74, 6) is 1.59. The largest absolute Gasteiger partial charge is 0.457 e. The average molecular weight is 298 g/mol. The molecule has 4 heteroatoms. The van der Waals surface area contributed by atoms with E-state index >= 15 is 0 Å². The van der Waals surface area contributed by atoms with Crippen LogP contribution in [0.3, 0.4) is 0 Å². The lowest BCUT2D eigenvalue weighted by Gasteiger charge is -2.20. The van der Waals surface area contributed by atoms with Crippen LogP contribution in [0.5, 0.6) is 11.5 Å². The van der Waals surface area contributed by atoms with Crippen LogP contribution in [0.4, 0.5) is 5.69 Å². The number of nitrogens with zero attached hydrogens (tertiary/aromatic N) is 1. The Bertz CT molecular complexity index is 594. The van der Waals surface area contributed by atoms with Crippen LogP contribution in [0.1, 0.15) is 13.8 Å². The van der Waals surface area contributed by atoms with Crippen LogP contribution in [-0.2, 0) is 4.79 Å². The summed E-state index contributed by atoms with van der Waals surface area (Å²) in [6.07, 6.45) is 0. The molecule has 0 aliphatic carbocycles. The van der Waals surface area contributed by atoms with Gasteiger partial charge in [0.25, 0.3) is 0 Å². The second-order valence-corrected chi connectivity index (χ2v) is 5.49. The number of benzene rings is 2. The summed E-state index contributed by atoms with van der Waals surface area (Å²) >= 11 is 0. The first-order chi connectivity index (χ1) is 10.5. The van der Waals surface area contributed by atoms with Crippen molar-refractivity contribution < 1.29 is 9.53 Å². The number of hydrogen-bond donors (Lipinski definition) is 1. The van der Waals surface area contributed by atoms with E-state index in [4.69, 9.17) is 4.74 Å². The van der Waals surface area contributed by atoms with Crippen molar-refractivity contribution in [3.63, 3.8) is 0 Å². The van der Waals surface area contributed by atoms with Gasteiger partial charge in [-0.3, -0.25) is 4.79 Å². The zero-order chi connectivity index (χ0) is 15.9. The van der Waals surface area contributed by atoms with Crippen LogP contribution in [0, 0.1) is 0 Å². The first kappa shape index (κ1) is 15.9. The fourth-order valence-electron chi connectivity index (χ4n) is 2.07. The predicted molar refractivity (Wildman–Crippen MR) is 89.5 cm³/mol. The summed E-state index contributed by atoms with van der Waals surface area (Å²) in [6, 6.07) is 17.5. The monoisotopic (exact) mass is 298 g/mol. The minimum Gasteiger partial charge on any atom is -0.457 e. The second-order valence-electron chi connectivity index (χ2n) is 5.49. The van der Waals surface area contributed by atoms with Gasteiger partial charge in [-0.25, -0.2) is 0 Å². The SMILES string of the molecule is CC(C)NC(=O)CN(C)c1ccc(Oc2ccccc2)cc1. The smallest absolute Gasteiger partial charge is 0.239 e. The number of likely N-dealkylation sites (N-methyl/N-ethyl adjacent to an activating group) is 1. The highest BCUT2D eigenvalue weighted by Gasteiger charge is 2.08. The summed E-state index contributed by atoms with van der Waals surface area (Å²) in [6.45, 7) is 4.23. The maximum Gasteiger partial charge on any atom is 0.239 e. The van der Waals surface area contributed by atoms with Gasteiger partial charge < -0.3 is 15.0 Å². The van der Waals surface area contributed by atoms with Crippen LogP contribution >= 0.6 is 0 Å². The Hall–Kier alpha value is -2.49. The van der Waals surface area contributed by atoms with Crippen LogP contribution in [-0.4, -0.2) is 25.5 Å². The summed E-state index contributed by atoms with van der Waals surface area (Å²) in [4.78, 5) is 13.7. The van der Waals surface area contributed by atoms with E-state index in [1.54, 1.807) is 0 Å². The van der Waals surface area contributed by atoms with E-state index in [1.807, 2.05) is 80.4 Å². The molecule has 0 aliphatic rings. The Morgan fingerprint density at radius 2 is 1.64 bits per heavy atom. The van der Waals surface area contributed by atoms with Crippen LogP contribution in [0.2, 0.25) is 0 Å². The van der Waals surface area contributed by atoms with Crippen molar-refractivity contribution in [2.45, 2.75) is 19.9 Å². The molecule has 4 nitrogen and oxygen atoms in total. The van der Waals surface area contributed by atoms with E-state index in [1.165, 1.54) is 0 Å². The molecule has 0 radical (unpaired) electrons. The molecule has 0 saturated heterocycles. The Kier molecular flexibility index (Phi) is 5.42. The molecule has 2 aromatic carbocycles. The molecule has 0 aliphatic heterocycles. The van der Waals surface area contributed by atoms with E-state index in [9.17, 15) is 4.79 Å². The van der Waals surface area contributed by atoms with E-state index in [0.717, 1.165) is 17.2 Å². The highest BCUT2D eigenvalue weighted by atomic mass is 16.5. The molecule has 1 N–H and O–H groups in total. The number of amides is 1. The molecule has 1 amide bonds. The quantitative estimate of drug-likeness (QED) is 0.888. The molecular weight excluding hydrogens is 276 g/mol. The van der Waals surface area contributed by atoms with E-state index in [0.29, 0.717) is 6.54 Å². The molecule has 0 fully saturated rings. The van der Waals surface area contributed by atoms with E-state index in [2.05, 4.69) is 5.32 Å². The lowest BCUT2D eigenvalue weighted by atomic mass is 10.2. The molecule has 0 bridgehead atoms. The van der Waals surface area contributed by atoms with Crippen molar-refractivity contribution in [3.05, 3.63) is 54.6 Å². The third-order valence-electron chi connectivity index (χ3n) is 3.09. The van der Waals surface area contributed by atoms with Crippen molar-refractivity contribution in [1.82, 2.24) is 5.32 Å². The molecule has 0 atom stereocenters. The third-order valence-corrected chi connectivity index (χ3v) is 3.09. The minimum atomic E-state index is 0.0158. The fraction of sp³-hybridized carbons (Fsp3) is 0.278. The summed E-state index contributed by atoms with van der Waals surface area (Å²) in [7, 11) is 1.90. The third kappa shape index (κ3) is 4.81. The molecular formula is C18H22N2O2. The lowest BCUT2D eigenvalue weighted by molar-refractivity contribution is -0.120. The molecule has 0 unspecified atom stereocenters. The zero-order valence-corrected chi connectivity index (χ0v) is 13.2. The van der Waals surface area contributed by atoms with E-state index < -0.39 is 0 Å². The van der Waals surface area contributed by atoms with Gasteiger partial charge in [0.2, 0.25) is 5.91 Å². The summed E-state index contributed by atoms with van der Waals surface area (Å²) < 4.78 is 5.75. The molecule has 0 aromatic heterocycles. The number of carbonyl (C=O) groups is 1. The number of nitrogens with one attached hydrogen (secondary N) is 1. The van der Waals surface area contributed by atoms with Crippen molar-refractivity contribution in [2.24, 2.45) is 0 Å². The number of ether oxygens (including phenoxy) is 1. The molecule has 2 rings (SSSR count). The second kappa shape index (κ2) is 7.50. The van der Waals surface area contributed by atoms with Gasteiger partial charge in [0.05, 0.1) is 6.54 Å². The summed E-state index contributed by atoms with van der Waals surface area (Å²) in [5, 5.41) is 2.88. The number of carbonyl (C=O) groups excluding carboxylic acids is 1. The Morgan fingerprint density at radius 1 is 1.05 bits per heavy atom. The van der Waals surface area contributed by atoms with Gasteiger partial charge in [0.1, 0.15) is 11.5 Å². The number of hydrogen-bond acceptors (Lipinski definition) is 3. The summed E-state index contributed by atoms with van der Waals surface area (Å²) in [5.41, 5.74) is 0.972. The van der Waals surface area contributed by atoms with Crippen LogP contribution in [0.15, 0.2) is 54.6 Å². The first-order valence-electron chi connectivity index (χ1n) is 7.38. The normalized spacial score (nSPS) is 10.4. The molecule has 2 aromatic rings. The van der Waals surface area contributed by atoms with Crippen LogP contribution < -0.4 is 15.0 Å². The fourth-order valence-corrected chi connectivity index (χ4v) is 2.07. The lowest BCUT2D eigenvalue weighted by Crippen LogP contribution is -2.38. The van der Waals surface area contributed by atoms with Crippen molar-refractivity contribution in [3.8, 4) is 11.5 Å². The van der Waals surface area contributed by atoms with Crippen molar-refractivity contribution in [2.75, 3.05) is 18.5 Å². The first-order valence-corrected chi connectivity index (χ1v) is 7.38. The minimum absolute atomic E-state index is 0.0158. The van der Waals surface area contributed by atoms with Gasteiger partial charge in [-0.15, -0.1) is 0 Å². The van der Waals surface area contributed by atoms with Crippen molar-refractivity contribution in [1.29, 1.82) is 0 Å². The molecule has 0 heterocycles. The Labute approximate surface area is 131 Å².